The molecule has 1 aromatic carbocycles. The van der Waals surface area contributed by atoms with Crippen LogP contribution in [0.3, 0.4) is 0 Å². The molecule has 9 nitrogen and oxygen atoms in total. The van der Waals surface area contributed by atoms with Crippen LogP contribution in [0, 0.1) is 28.9 Å². The standard InChI is InChI=1S/C24H26N4O5/c1-15-9-16(2)13-26(12-15)20-7-6-18(10-21(20)28(31)32)24(30)33-14-19-11-22(29)27-8-4-5-17(3)23(27)25-19/h4-8,10-11,15-16H,9,12-14H2,1-3H3. The van der Waals surface area contributed by atoms with Crippen LogP contribution in [0.25, 0.3) is 5.65 Å². The SMILES string of the molecule is Cc1cccn2c(=O)cc(COC(=O)c3ccc(N4CC(C)CC(C)C4)c([N+](=O)[O-])c3)nc12. The molecule has 0 amide bonds. The summed E-state index contributed by atoms with van der Waals surface area (Å²) in [6, 6.07) is 9.32. The number of fused-ring (bicyclic) bond motifs is 1. The molecule has 0 aliphatic carbocycles. The van der Waals surface area contributed by atoms with Gasteiger partial charge in [0.1, 0.15) is 17.9 Å². The van der Waals surface area contributed by atoms with E-state index in [0.717, 1.165) is 25.1 Å². The molecule has 9 heteroatoms. The van der Waals surface area contributed by atoms with Crippen LogP contribution in [0.5, 0.6) is 0 Å². The van der Waals surface area contributed by atoms with Crippen molar-refractivity contribution in [3.8, 4) is 0 Å². The Labute approximate surface area is 190 Å². The van der Waals surface area contributed by atoms with Crippen molar-refractivity contribution >= 4 is 23.0 Å². The maximum absolute atomic E-state index is 12.6. The fourth-order valence-electron chi connectivity index (χ4n) is 4.53. The normalized spacial score (nSPS) is 18.3. The Bertz CT molecular complexity index is 1280. The molecular weight excluding hydrogens is 424 g/mol. The van der Waals surface area contributed by atoms with E-state index in [2.05, 4.69) is 18.8 Å². The van der Waals surface area contributed by atoms with Crippen LogP contribution in [0.2, 0.25) is 0 Å². The van der Waals surface area contributed by atoms with Gasteiger partial charge in [-0.3, -0.25) is 19.3 Å². The van der Waals surface area contributed by atoms with Crippen LogP contribution in [-0.4, -0.2) is 33.4 Å². The van der Waals surface area contributed by atoms with Gasteiger partial charge in [0, 0.05) is 31.4 Å². The number of ether oxygens (including phenoxy) is 1. The highest BCUT2D eigenvalue weighted by atomic mass is 16.6. The predicted molar refractivity (Wildman–Crippen MR) is 124 cm³/mol. The second-order valence-corrected chi connectivity index (χ2v) is 8.86. The number of aryl methyl sites for hydroxylation is 1. The Hall–Kier alpha value is -3.75. The third kappa shape index (κ3) is 4.72. The minimum atomic E-state index is -0.711. The zero-order valence-electron chi connectivity index (χ0n) is 18.9. The van der Waals surface area contributed by atoms with E-state index in [0.29, 0.717) is 28.9 Å². The Balaban J connectivity index is 1.55. The number of benzene rings is 1. The van der Waals surface area contributed by atoms with E-state index in [1.165, 1.54) is 16.5 Å². The molecule has 0 spiro atoms. The van der Waals surface area contributed by atoms with Crippen LogP contribution in [-0.2, 0) is 11.3 Å². The van der Waals surface area contributed by atoms with Gasteiger partial charge in [-0.1, -0.05) is 19.9 Å². The number of hydrogen-bond acceptors (Lipinski definition) is 7. The molecule has 0 bridgehead atoms. The van der Waals surface area contributed by atoms with Crippen molar-refractivity contribution in [2.45, 2.75) is 33.8 Å². The Morgan fingerprint density at radius 3 is 2.64 bits per heavy atom. The zero-order chi connectivity index (χ0) is 23.7. The van der Waals surface area contributed by atoms with E-state index >= 15 is 0 Å². The first-order chi connectivity index (χ1) is 15.7. The smallest absolute Gasteiger partial charge is 0.338 e. The van der Waals surface area contributed by atoms with Crippen molar-refractivity contribution in [3.05, 3.63) is 79.9 Å². The molecule has 1 saturated heterocycles. The third-order valence-electron chi connectivity index (χ3n) is 5.91. The summed E-state index contributed by atoms with van der Waals surface area (Å²) >= 11 is 0. The average molecular weight is 450 g/mol. The summed E-state index contributed by atoms with van der Waals surface area (Å²) in [7, 11) is 0. The maximum Gasteiger partial charge on any atom is 0.338 e. The number of piperidine rings is 1. The highest BCUT2D eigenvalue weighted by molar-refractivity contribution is 5.91. The van der Waals surface area contributed by atoms with Crippen LogP contribution >= 0.6 is 0 Å². The first-order valence-electron chi connectivity index (χ1n) is 10.9. The van der Waals surface area contributed by atoms with Gasteiger partial charge in [-0.2, -0.15) is 0 Å². The van der Waals surface area contributed by atoms with Crippen LogP contribution in [0.15, 0.2) is 47.4 Å². The number of rotatable bonds is 5. The predicted octanol–water partition coefficient (Wildman–Crippen LogP) is 3.75. The number of nitrogens with zero attached hydrogens (tertiary/aromatic N) is 4. The Kier molecular flexibility index (Phi) is 6.13. The van der Waals surface area contributed by atoms with Crippen LogP contribution in [0.4, 0.5) is 11.4 Å². The molecule has 1 fully saturated rings. The molecule has 1 aliphatic rings. The van der Waals surface area contributed by atoms with E-state index in [-0.39, 0.29) is 23.4 Å². The fourth-order valence-corrected chi connectivity index (χ4v) is 4.53. The minimum absolute atomic E-state index is 0.0808. The van der Waals surface area contributed by atoms with Crippen molar-refractivity contribution in [2.24, 2.45) is 11.8 Å². The second kappa shape index (κ2) is 9.01. The summed E-state index contributed by atoms with van der Waals surface area (Å²) in [4.78, 5) is 42.7. The van der Waals surface area contributed by atoms with Crippen molar-refractivity contribution in [1.29, 1.82) is 0 Å². The average Bonchev–Trinajstić information content (AvgIpc) is 2.77. The largest absolute Gasteiger partial charge is 0.456 e. The van der Waals surface area contributed by atoms with Gasteiger partial charge in [-0.25, -0.2) is 9.78 Å². The molecule has 0 radical (unpaired) electrons. The number of aromatic nitrogens is 2. The molecule has 4 rings (SSSR count). The minimum Gasteiger partial charge on any atom is -0.456 e. The summed E-state index contributed by atoms with van der Waals surface area (Å²) in [5.41, 5.74) is 1.80. The van der Waals surface area contributed by atoms with E-state index in [1.54, 1.807) is 24.4 Å². The van der Waals surface area contributed by atoms with Crippen molar-refractivity contribution in [2.75, 3.05) is 18.0 Å². The van der Waals surface area contributed by atoms with Crippen molar-refractivity contribution < 1.29 is 14.5 Å². The number of nitro groups is 1. The highest BCUT2D eigenvalue weighted by Crippen LogP contribution is 2.34. The van der Waals surface area contributed by atoms with Crippen molar-refractivity contribution in [3.63, 3.8) is 0 Å². The number of esters is 1. The molecule has 0 saturated carbocycles. The fraction of sp³-hybridized carbons (Fsp3) is 0.375. The number of carbonyl (C=O) groups excluding carboxylic acids is 1. The number of carbonyl (C=O) groups is 1. The van der Waals surface area contributed by atoms with Gasteiger partial charge in [0.2, 0.25) is 0 Å². The molecular formula is C24H26N4O5. The van der Waals surface area contributed by atoms with Crippen molar-refractivity contribution in [1.82, 2.24) is 9.38 Å². The zero-order valence-corrected chi connectivity index (χ0v) is 18.9. The van der Waals surface area contributed by atoms with E-state index in [1.807, 2.05) is 17.9 Å². The molecule has 2 aromatic heterocycles. The molecule has 2 unspecified atom stereocenters. The molecule has 3 heterocycles. The summed E-state index contributed by atoms with van der Waals surface area (Å²) in [5.74, 6) is 0.150. The number of hydrogen-bond donors (Lipinski definition) is 0. The molecule has 172 valence electrons. The summed E-state index contributed by atoms with van der Waals surface area (Å²) in [6.45, 7) is 7.36. The van der Waals surface area contributed by atoms with Gasteiger partial charge in [-0.15, -0.1) is 0 Å². The van der Waals surface area contributed by atoms with Gasteiger partial charge in [0.25, 0.3) is 11.2 Å². The first-order valence-corrected chi connectivity index (χ1v) is 10.9. The lowest BCUT2D eigenvalue weighted by atomic mass is 9.91. The lowest BCUT2D eigenvalue weighted by molar-refractivity contribution is -0.384. The summed E-state index contributed by atoms with van der Waals surface area (Å²) in [5, 5.41) is 11.8. The molecule has 2 atom stereocenters. The third-order valence-corrected chi connectivity index (χ3v) is 5.91. The number of nitro benzene ring substituents is 1. The van der Waals surface area contributed by atoms with E-state index in [4.69, 9.17) is 4.74 Å². The summed E-state index contributed by atoms with van der Waals surface area (Å²) in [6.07, 6.45) is 2.71. The quantitative estimate of drug-likeness (QED) is 0.331. The maximum atomic E-state index is 12.6. The van der Waals surface area contributed by atoms with Gasteiger partial charge >= 0.3 is 5.97 Å². The molecule has 3 aromatic rings. The highest BCUT2D eigenvalue weighted by Gasteiger charge is 2.28. The summed E-state index contributed by atoms with van der Waals surface area (Å²) < 4.78 is 6.75. The number of pyridine rings is 1. The topological polar surface area (TPSA) is 107 Å². The van der Waals surface area contributed by atoms with Crippen LogP contribution < -0.4 is 10.5 Å². The van der Waals surface area contributed by atoms with E-state index in [9.17, 15) is 19.7 Å². The monoisotopic (exact) mass is 450 g/mol. The Morgan fingerprint density at radius 2 is 1.94 bits per heavy atom. The molecule has 0 N–H and O–H groups in total. The Morgan fingerprint density at radius 1 is 1.21 bits per heavy atom. The first kappa shape index (κ1) is 22.4. The lowest BCUT2D eigenvalue weighted by Crippen LogP contribution is -2.39. The van der Waals surface area contributed by atoms with Crippen LogP contribution in [0.1, 0.15) is 41.9 Å². The van der Waals surface area contributed by atoms with Gasteiger partial charge in [0.05, 0.1) is 16.2 Å². The second-order valence-electron chi connectivity index (χ2n) is 8.86. The van der Waals surface area contributed by atoms with Gasteiger partial charge in [-0.05, 0) is 48.9 Å². The lowest BCUT2D eigenvalue weighted by Gasteiger charge is -2.36. The molecule has 33 heavy (non-hydrogen) atoms. The molecule has 1 aliphatic heterocycles. The van der Waals surface area contributed by atoms with E-state index < -0.39 is 10.9 Å². The van der Waals surface area contributed by atoms with Gasteiger partial charge in [0.15, 0.2) is 0 Å². The van der Waals surface area contributed by atoms with Gasteiger partial charge < -0.3 is 9.64 Å². The number of anilines is 1.